The van der Waals surface area contributed by atoms with E-state index in [9.17, 15) is 14.7 Å². The summed E-state index contributed by atoms with van der Waals surface area (Å²) in [6.45, 7) is 14.9. The third-order valence-electron chi connectivity index (χ3n) is 8.35. The first-order chi connectivity index (χ1) is 19.7. The number of fused-ring (bicyclic) bond motifs is 1. The number of carbonyl (C=O) groups excluding carboxylic acids is 1. The minimum atomic E-state index is -0.146. The zero-order valence-corrected chi connectivity index (χ0v) is 25.7. The summed E-state index contributed by atoms with van der Waals surface area (Å²) in [7, 11) is 0. The highest BCUT2D eigenvalue weighted by atomic mass is 16.3. The lowest BCUT2D eigenvalue weighted by Gasteiger charge is -2.25. The summed E-state index contributed by atoms with van der Waals surface area (Å²) in [5.41, 5.74) is 4.03. The predicted molar refractivity (Wildman–Crippen MR) is 165 cm³/mol. The second-order valence-corrected chi connectivity index (χ2v) is 12.5. The summed E-state index contributed by atoms with van der Waals surface area (Å²) >= 11 is 0. The van der Waals surface area contributed by atoms with E-state index in [1.807, 2.05) is 29.3 Å². The smallest absolute Gasteiger partial charge is 0.255 e. The second-order valence-electron chi connectivity index (χ2n) is 12.5. The van der Waals surface area contributed by atoms with Crippen LogP contribution in [0.1, 0.15) is 82.8 Å². The van der Waals surface area contributed by atoms with Crippen molar-refractivity contribution < 1.29 is 9.90 Å². The number of aromatic nitrogens is 3. The molecule has 41 heavy (non-hydrogen) atoms. The minimum absolute atomic E-state index is 0.0665. The SMILES string of the molecule is CC(C)CCN(CCC(C)C)C(=O)c1ccc2nc(-c3ccc(=O)n(CCO)c3)c(CCCN3CCCC3C)n2c1. The highest BCUT2D eigenvalue weighted by Gasteiger charge is 2.22. The average Bonchev–Trinajstić information content (AvgIpc) is 3.52. The van der Waals surface area contributed by atoms with Crippen LogP contribution in [0.2, 0.25) is 0 Å². The number of hydrogen-bond acceptors (Lipinski definition) is 5. The van der Waals surface area contributed by atoms with Crippen molar-refractivity contribution in [3.8, 4) is 11.3 Å². The van der Waals surface area contributed by atoms with E-state index in [2.05, 4.69) is 43.9 Å². The Morgan fingerprint density at radius 1 is 1.05 bits per heavy atom. The summed E-state index contributed by atoms with van der Waals surface area (Å²) in [6, 6.07) is 7.81. The number of amides is 1. The van der Waals surface area contributed by atoms with Gasteiger partial charge in [-0.25, -0.2) is 4.98 Å². The molecule has 0 aromatic carbocycles. The largest absolute Gasteiger partial charge is 0.395 e. The van der Waals surface area contributed by atoms with E-state index >= 15 is 0 Å². The van der Waals surface area contributed by atoms with Gasteiger partial charge in [0.1, 0.15) is 5.65 Å². The molecule has 0 spiro atoms. The van der Waals surface area contributed by atoms with Crippen LogP contribution in [-0.4, -0.2) is 73.6 Å². The fourth-order valence-electron chi connectivity index (χ4n) is 5.74. The van der Waals surface area contributed by atoms with Gasteiger partial charge in [0.2, 0.25) is 0 Å². The predicted octanol–water partition coefficient (Wildman–Crippen LogP) is 5.11. The van der Waals surface area contributed by atoms with Crippen LogP contribution < -0.4 is 5.56 Å². The number of imidazole rings is 1. The molecule has 1 aliphatic heterocycles. The quantitative estimate of drug-likeness (QED) is 0.295. The maximum Gasteiger partial charge on any atom is 0.255 e. The van der Waals surface area contributed by atoms with Gasteiger partial charge >= 0.3 is 0 Å². The Bertz CT molecular complexity index is 1350. The van der Waals surface area contributed by atoms with E-state index in [1.54, 1.807) is 12.3 Å². The Morgan fingerprint density at radius 3 is 2.41 bits per heavy atom. The van der Waals surface area contributed by atoms with Crippen molar-refractivity contribution in [3.63, 3.8) is 0 Å². The molecule has 0 aliphatic carbocycles. The third-order valence-corrected chi connectivity index (χ3v) is 8.35. The number of likely N-dealkylation sites (tertiary alicyclic amines) is 1. The number of aryl methyl sites for hydroxylation is 1. The molecule has 0 bridgehead atoms. The highest BCUT2D eigenvalue weighted by Crippen LogP contribution is 2.27. The van der Waals surface area contributed by atoms with Gasteiger partial charge in [-0.2, -0.15) is 0 Å². The number of nitrogens with zero attached hydrogens (tertiary/aromatic N) is 5. The topological polar surface area (TPSA) is 83.1 Å². The lowest BCUT2D eigenvalue weighted by Crippen LogP contribution is -2.34. The fraction of sp³-hybridized carbons (Fsp3) is 0.606. The molecule has 1 saturated heterocycles. The van der Waals surface area contributed by atoms with E-state index in [4.69, 9.17) is 4.98 Å². The first-order valence-corrected chi connectivity index (χ1v) is 15.5. The van der Waals surface area contributed by atoms with Gasteiger partial charge in [0.05, 0.1) is 23.6 Å². The van der Waals surface area contributed by atoms with Crippen LogP contribution in [0.3, 0.4) is 0 Å². The van der Waals surface area contributed by atoms with Gasteiger partial charge in [-0.05, 0) is 88.6 Å². The molecule has 1 aliphatic rings. The van der Waals surface area contributed by atoms with Crippen molar-refractivity contribution in [1.82, 2.24) is 23.8 Å². The molecule has 8 heteroatoms. The molecule has 0 radical (unpaired) electrons. The van der Waals surface area contributed by atoms with Crippen molar-refractivity contribution >= 4 is 11.6 Å². The molecule has 3 aromatic rings. The summed E-state index contributed by atoms with van der Waals surface area (Å²) in [6.07, 6.45) is 10.00. The molecule has 4 heterocycles. The number of rotatable bonds is 14. The maximum absolute atomic E-state index is 13.8. The average molecular weight is 564 g/mol. The Hall–Kier alpha value is -2.97. The van der Waals surface area contributed by atoms with Gasteiger partial charge < -0.3 is 23.9 Å². The summed E-state index contributed by atoms with van der Waals surface area (Å²) in [4.78, 5) is 35.7. The number of hydrogen-bond donors (Lipinski definition) is 1. The molecule has 1 amide bonds. The highest BCUT2D eigenvalue weighted by molar-refractivity contribution is 5.94. The number of aliphatic hydroxyl groups is 1. The van der Waals surface area contributed by atoms with Crippen molar-refractivity contribution in [2.75, 3.05) is 32.8 Å². The van der Waals surface area contributed by atoms with Gasteiger partial charge in [-0.3, -0.25) is 9.59 Å². The zero-order valence-electron chi connectivity index (χ0n) is 25.7. The third kappa shape index (κ3) is 7.86. The van der Waals surface area contributed by atoms with Crippen LogP contribution in [-0.2, 0) is 13.0 Å². The maximum atomic E-state index is 13.8. The number of aliphatic hydroxyl groups excluding tert-OH is 1. The molecule has 8 nitrogen and oxygen atoms in total. The minimum Gasteiger partial charge on any atom is -0.395 e. The summed E-state index contributed by atoms with van der Waals surface area (Å²) in [5, 5.41) is 9.46. The van der Waals surface area contributed by atoms with Crippen LogP contribution in [0.15, 0.2) is 41.5 Å². The van der Waals surface area contributed by atoms with Crippen molar-refractivity contribution in [3.05, 3.63) is 58.3 Å². The number of pyridine rings is 2. The van der Waals surface area contributed by atoms with Crippen LogP contribution in [0, 0.1) is 11.8 Å². The van der Waals surface area contributed by atoms with E-state index in [0.717, 1.165) is 74.5 Å². The van der Waals surface area contributed by atoms with Crippen molar-refractivity contribution in [1.29, 1.82) is 0 Å². The summed E-state index contributed by atoms with van der Waals surface area (Å²) < 4.78 is 3.62. The monoisotopic (exact) mass is 563 g/mol. The molecule has 224 valence electrons. The number of carbonyl (C=O) groups is 1. The fourth-order valence-corrected chi connectivity index (χ4v) is 5.74. The molecule has 1 N–H and O–H groups in total. The van der Waals surface area contributed by atoms with E-state index < -0.39 is 0 Å². The van der Waals surface area contributed by atoms with Gasteiger partial charge in [0, 0.05) is 49.7 Å². The van der Waals surface area contributed by atoms with Gasteiger partial charge in [-0.1, -0.05) is 27.7 Å². The lowest BCUT2D eigenvalue weighted by molar-refractivity contribution is 0.0740. The molecule has 1 fully saturated rings. The normalized spacial score (nSPS) is 16.0. The standard InChI is InChI=1S/C33H49N5O3/c1-24(2)14-18-36(19-15-25(3)4)33(41)28-10-12-30-34-32(27-11-13-31(40)37(22-27)20-21-39)29(38(30)23-28)9-7-17-35-16-6-8-26(35)5/h10-13,22-26,39H,6-9,14-21H2,1-5H3. The van der Waals surface area contributed by atoms with Crippen LogP contribution in [0.5, 0.6) is 0 Å². The molecule has 1 unspecified atom stereocenters. The van der Waals surface area contributed by atoms with Crippen molar-refractivity contribution in [2.45, 2.75) is 85.7 Å². The van der Waals surface area contributed by atoms with Crippen LogP contribution in [0.25, 0.3) is 16.9 Å². The Kier molecular flexibility index (Phi) is 10.8. The molecule has 0 saturated carbocycles. The Morgan fingerprint density at radius 2 is 1.78 bits per heavy atom. The zero-order chi connectivity index (χ0) is 29.5. The van der Waals surface area contributed by atoms with E-state index in [-0.39, 0.29) is 24.6 Å². The molecular weight excluding hydrogens is 514 g/mol. The molecule has 3 aromatic heterocycles. The first kappa shape index (κ1) is 31.0. The molecule has 1 atom stereocenters. The molecule has 4 rings (SSSR count). The first-order valence-electron chi connectivity index (χ1n) is 15.5. The van der Waals surface area contributed by atoms with Crippen molar-refractivity contribution in [2.24, 2.45) is 11.8 Å². The summed E-state index contributed by atoms with van der Waals surface area (Å²) in [5.74, 6) is 1.13. The van der Waals surface area contributed by atoms with Crippen LogP contribution in [0.4, 0.5) is 0 Å². The van der Waals surface area contributed by atoms with E-state index in [1.165, 1.54) is 17.4 Å². The van der Waals surface area contributed by atoms with Crippen LogP contribution >= 0.6 is 0 Å². The van der Waals surface area contributed by atoms with Gasteiger partial charge in [0.25, 0.3) is 11.5 Å². The molecular formula is C33H49N5O3. The van der Waals surface area contributed by atoms with Gasteiger partial charge in [-0.15, -0.1) is 0 Å². The Balaban J connectivity index is 1.70. The van der Waals surface area contributed by atoms with Gasteiger partial charge in [0.15, 0.2) is 0 Å². The Labute approximate surface area is 245 Å². The van der Waals surface area contributed by atoms with E-state index in [0.29, 0.717) is 23.4 Å². The second kappa shape index (κ2) is 14.3. The lowest BCUT2D eigenvalue weighted by atomic mass is 10.1.